The number of hydrogen-bond acceptors (Lipinski definition) is 8. The third kappa shape index (κ3) is 5.52. The van der Waals surface area contributed by atoms with Crippen LogP contribution in [0, 0.1) is 5.82 Å². The molecule has 2 aromatic heterocycles. The van der Waals surface area contributed by atoms with E-state index in [1.54, 1.807) is 6.07 Å². The summed E-state index contributed by atoms with van der Waals surface area (Å²) in [5.41, 5.74) is 4.09. The zero-order valence-electron chi connectivity index (χ0n) is 22.9. The average Bonchev–Trinajstić information content (AvgIpc) is 3.48. The Labute approximate surface area is 234 Å². The normalized spacial score (nSPS) is 15.2. The summed E-state index contributed by atoms with van der Waals surface area (Å²) in [5.74, 6) is -0.651. The zero-order chi connectivity index (χ0) is 29.3. The Balaban J connectivity index is 1.72. The highest BCUT2D eigenvalue weighted by Crippen LogP contribution is 2.36. The van der Waals surface area contributed by atoms with Gasteiger partial charge in [0.15, 0.2) is 0 Å². The Kier molecular flexibility index (Phi) is 7.78. The summed E-state index contributed by atoms with van der Waals surface area (Å²) in [7, 11) is 1.49. The van der Waals surface area contributed by atoms with Gasteiger partial charge in [0.2, 0.25) is 11.8 Å². The topological polar surface area (TPSA) is 152 Å². The van der Waals surface area contributed by atoms with Crippen LogP contribution >= 0.6 is 0 Å². The smallest absolute Gasteiger partial charge is 0.329 e. The Hall–Kier alpha value is -4.29. The van der Waals surface area contributed by atoms with Crippen LogP contribution in [0.1, 0.15) is 43.9 Å². The number of aromatic nitrogens is 3. The van der Waals surface area contributed by atoms with Gasteiger partial charge in [0.05, 0.1) is 36.4 Å². The van der Waals surface area contributed by atoms with Gasteiger partial charge < -0.3 is 29.3 Å². The van der Waals surface area contributed by atoms with Crippen LogP contribution in [-0.2, 0) is 26.2 Å². The maximum absolute atomic E-state index is 14.5. The molecule has 0 saturated carbocycles. The number of methoxy groups -OCH3 is 1. The van der Waals surface area contributed by atoms with Gasteiger partial charge in [-0.05, 0) is 62.6 Å². The second-order valence-electron chi connectivity index (χ2n) is 10.4. The van der Waals surface area contributed by atoms with E-state index in [1.807, 2.05) is 0 Å². The Bertz CT molecular complexity index is 1690. The lowest BCUT2D eigenvalue weighted by Crippen LogP contribution is -2.53. The van der Waals surface area contributed by atoms with Crippen LogP contribution in [-0.4, -0.2) is 46.9 Å². The number of nitrogens with zero attached hydrogens (tertiary/aromatic N) is 2. The highest BCUT2D eigenvalue weighted by molar-refractivity contribution is 5.87. The number of amides is 1. The van der Waals surface area contributed by atoms with E-state index in [-0.39, 0.29) is 29.3 Å². The number of nitrogens with two attached hydrogens (primary N) is 1. The van der Waals surface area contributed by atoms with Crippen molar-refractivity contribution in [2.75, 3.05) is 20.3 Å². The minimum Gasteiger partial charge on any atom is -0.496 e. The number of carbonyl (C=O) groups is 1. The fourth-order valence-electron chi connectivity index (χ4n) is 5.09. The van der Waals surface area contributed by atoms with Gasteiger partial charge in [-0.3, -0.25) is 9.59 Å². The van der Waals surface area contributed by atoms with Gasteiger partial charge in [-0.1, -0.05) is 0 Å². The van der Waals surface area contributed by atoms with Crippen molar-refractivity contribution in [2.24, 2.45) is 5.73 Å². The number of hydrogen-bond donors (Lipinski definition) is 2. The molecule has 5 rings (SSSR count). The molecule has 1 saturated heterocycles. The van der Waals surface area contributed by atoms with Crippen molar-refractivity contribution >= 4 is 16.8 Å². The first-order chi connectivity index (χ1) is 19.6. The number of primary amides is 1. The van der Waals surface area contributed by atoms with Crippen molar-refractivity contribution < 1.29 is 27.8 Å². The largest absolute Gasteiger partial charge is 0.496 e. The molecule has 0 bridgehead atoms. The molecule has 1 atom stereocenters. The first-order valence-electron chi connectivity index (χ1n) is 13.2. The van der Waals surface area contributed by atoms with Crippen molar-refractivity contribution in [3.63, 3.8) is 0 Å². The van der Waals surface area contributed by atoms with Gasteiger partial charge in [-0.2, -0.15) is 0 Å². The molecule has 3 N–H and O–H groups in total. The second kappa shape index (κ2) is 11.3. The number of oxazole rings is 1. The highest BCUT2D eigenvalue weighted by atomic mass is 19.1. The Morgan fingerprint density at radius 3 is 2.66 bits per heavy atom. The summed E-state index contributed by atoms with van der Waals surface area (Å²) < 4.78 is 38.4. The van der Waals surface area contributed by atoms with E-state index in [0.29, 0.717) is 48.5 Å². The van der Waals surface area contributed by atoms with Crippen LogP contribution in [0.15, 0.2) is 56.8 Å². The van der Waals surface area contributed by atoms with Crippen LogP contribution in [0.2, 0.25) is 0 Å². The first-order valence-corrected chi connectivity index (χ1v) is 13.2. The fourth-order valence-corrected chi connectivity index (χ4v) is 5.09. The molecule has 0 radical (unpaired) electrons. The summed E-state index contributed by atoms with van der Waals surface area (Å²) in [4.78, 5) is 46.2. The standard InChI is InChI=1S/C29H31FN4O7/c1-29(2,27(31)36)34-26(35)21-13-17(25-32-8-11-40-25)12-16(24(21)33-28(34)37)14-23(41-19-6-9-39-10-7-19)20-15-18(30)4-5-22(20)38-3/h4-5,8,11-13,15,19,23H,6-7,9-10,14H2,1-3H3,(H2,31,36)(H,33,37)/t23-/m1/s1. The molecule has 0 unspecified atom stereocenters. The molecule has 4 aromatic rings. The number of rotatable bonds is 9. The van der Waals surface area contributed by atoms with E-state index in [4.69, 9.17) is 24.4 Å². The second-order valence-corrected chi connectivity index (χ2v) is 10.4. The van der Waals surface area contributed by atoms with E-state index in [1.165, 1.54) is 57.7 Å². The number of carbonyl (C=O) groups excluding carboxylic acids is 1. The molecule has 216 valence electrons. The molecule has 2 aromatic carbocycles. The monoisotopic (exact) mass is 566 g/mol. The van der Waals surface area contributed by atoms with Gasteiger partial charge >= 0.3 is 5.69 Å². The van der Waals surface area contributed by atoms with Crippen molar-refractivity contribution in [1.29, 1.82) is 0 Å². The van der Waals surface area contributed by atoms with Gasteiger partial charge in [0.25, 0.3) is 5.56 Å². The van der Waals surface area contributed by atoms with Gasteiger partial charge in [0.1, 0.15) is 23.4 Å². The molecular formula is C29H31FN4O7. The zero-order valence-corrected chi connectivity index (χ0v) is 22.9. The molecule has 3 heterocycles. The number of H-pyrrole nitrogens is 1. The molecule has 41 heavy (non-hydrogen) atoms. The molecule has 11 nitrogen and oxygen atoms in total. The van der Waals surface area contributed by atoms with Crippen LogP contribution in [0.3, 0.4) is 0 Å². The summed E-state index contributed by atoms with van der Waals surface area (Å²) in [5, 5.41) is 0.112. The molecular weight excluding hydrogens is 535 g/mol. The quantitative estimate of drug-likeness (QED) is 0.313. The third-order valence-corrected chi connectivity index (χ3v) is 7.40. The third-order valence-electron chi connectivity index (χ3n) is 7.40. The van der Waals surface area contributed by atoms with Crippen LogP contribution < -0.4 is 21.7 Å². The molecule has 0 spiro atoms. The summed E-state index contributed by atoms with van der Waals surface area (Å²) in [6, 6.07) is 7.45. The number of nitrogens with one attached hydrogen (secondary N) is 1. The van der Waals surface area contributed by atoms with Crippen LogP contribution in [0.4, 0.5) is 4.39 Å². The molecule has 1 fully saturated rings. The number of halogens is 1. The van der Waals surface area contributed by atoms with E-state index in [9.17, 15) is 18.8 Å². The van der Waals surface area contributed by atoms with E-state index in [2.05, 4.69) is 9.97 Å². The lowest BCUT2D eigenvalue weighted by Gasteiger charge is -2.29. The first kappa shape index (κ1) is 28.2. The Morgan fingerprint density at radius 2 is 2.00 bits per heavy atom. The van der Waals surface area contributed by atoms with Crippen molar-refractivity contribution in [3.8, 4) is 17.2 Å². The lowest BCUT2D eigenvalue weighted by atomic mass is 9.95. The number of ether oxygens (including phenoxy) is 3. The molecule has 1 aliphatic rings. The molecule has 0 aliphatic carbocycles. The van der Waals surface area contributed by atoms with Gasteiger partial charge in [0, 0.05) is 30.8 Å². The molecule has 1 aliphatic heterocycles. The summed E-state index contributed by atoms with van der Waals surface area (Å²) in [6.07, 6.45) is 3.39. The van der Waals surface area contributed by atoms with E-state index < -0.39 is 34.6 Å². The Morgan fingerprint density at radius 1 is 1.24 bits per heavy atom. The lowest BCUT2D eigenvalue weighted by molar-refractivity contribution is -0.125. The number of aromatic amines is 1. The summed E-state index contributed by atoms with van der Waals surface area (Å²) in [6.45, 7) is 3.85. The molecule has 12 heteroatoms. The van der Waals surface area contributed by atoms with Crippen molar-refractivity contribution in [2.45, 2.75) is 50.9 Å². The minimum atomic E-state index is -1.61. The van der Waals surface area contributed by atoms with E-state index in [0.717, 1.165) is 4.57 Å². The molecule has 1 amide bonds. The van der Waals surface area contributed by atoms with Crippen LogP contribution in [0.25, 0.3) is 22.4 Å². The van der Waals surface area contributed by atoms with Gasteiger partial charge in [-0.15, -0.1) is 0 Å². The predicted octanol–water partition coefficient (Wildman–Crippen LogP) is 3.19. The minimum absolute atomic E-state index is 0.112. The fraction of sp³-hybridized carbons (Fsp3) is 0.379. The predicted molar refractivity (Wildman–Crippen MR) is 147 cm³/mol. The number of fused-ring (bicyclic) bond motifs is 1. The highest BCUT2D eigenvalue weighted by Gasteiger charge is 2.32. The maximum atomic E-state index is 14.5. The van der Waals surface area contributed by atoms with E-state index >= 15 is 0 Å². The van der Waals surface area contributed by atoms with Crippen molar-refractivity contribution in [3.05, 3.63) is 80.6 Å². The average molecular weight is 567 g/mol. The number of benzene rings is 2. The van der Waals surface area contributed by atoms with Crippen molar-refractivity contribution in [1.82, 2.24) is 14.5 Å². The SMILES string of the molecule is COc1ccc(F)cc1[C@@H](Cc1cc(-c2ncco2)cc2c(=O)n(C(C)(C)C(N)=O)c(=O)[nH]c12)OC1CCOCC1. The van der Waals surface area contributed by atoms with Crippen LogP contribution in [0.5, 0.6) is 5.75 Å². The maximum Gasteiger partial charge on any atom is 0.329 e. The summed E-state index contributed by atoms with van der Waals surface area (Å²) >= 11 is 0. The van der Waals surface area contributed by atoms with Gasteiger partial charge in [-0.25, -0.2) is 18.7 Å².